The molecular formula is C15H9Cl2NO3S. The summed E-state index contributed by atoms with van der Waals surface area (Å²) in [6.45, 7) is 0. The second kappa shape index (κ2) is 5.76. The molecule has 7 heteroatoms. The van der Waals surface area contributed by atoms with Gasteiger partial charge in [0.15, 0.2) is 0 Å². The van der Waals surface area contributed by atoms with Crippen LogP contribution in [0.2, 0.25) is 9.36 Å². The third kappa shape index (κ3) is 2.63. The molecule has 0 aliphatic carbocycles. The van der Waals surface area contributed by atoms with Crippen molar-refractivity contribution in [2.24, 2.45) is 4.99 Å². The molecule has 0 saturated heterocycles. The summed E-state index contributed by atoms with van der Waals surface area (Å²) in [6, 6.07) is 6.82. The van der Waals surface area contributed by atoms with Gasteiger partial charge in [0.25, 0.3) is 0 Å². The molecule has 0 atom stereocenters. The van der Waals surface area contributed by atoms with Crippen LogP contribution in [0.5, 0.6) is 0 Å². The minimum absolute atomic E-state index is 0.371. The van der Waals surface area contributed by atoms with Crippen LogP contribution in [-0.2, 0) is 9.53 Å². The summed E-state index contributed by atoms with van der Waals surface area (Å²) in [6.07, 6.45) is 1.15. The number of carboxylic acids is 1. The van der Waals surface area contributed by atoms with Gasteiger partial charge >= 0.3 is 5.97 Å². The summed E-state index contributed by atoms with van der Waals surface area (Å²) < 4.78 is 5.87. The van der Waals surface area contributed by atoms with Crippen molar-refractivity contribution in [3.8, 4) is 0 Å². The summed E-state index contributed by atoms with van der Waals surface area (Å²) in [5.74, 6) is -0.678. The highest BCUT2D eigenvalue weighted by molar-refractivity contribution is 7.17. The maximum Gasteiger partial charge on any atom is 0.328 e. The van der Waals surface area contributed by atoms with E-state index < -0.39 is 5.97 Å². The molecule has 0 bridgehead atoms. The number of hydrogen-bond donors (Lipinski definition) is 1. The highest BCUT2D eigenvalue weighted by Crippen LogP contribution is 2.42. The Morgan fingerprint density at radius 3 is 2.77 bits per heavy atom. The van der Waals surface area contributed by atoms with Gasteiger partial charge in [-0.3, -0.25) is 0 Å². The molecular weight excluding hydrogens is 345 g/mol. The highest BCUT2D eigenvalue weighted by Gasteiger charge is 2.25. The van der Waals surface area contributed by atoms with Gasteiger partial charge in [-0.25, -0.2) is 9.79 Å². The predicted molar refractivity (Wildman–Crippen MR) is 88.7 cm³/mol. The van der Waals surface area contributed by atoms with E-state index >= 15 is 0 Å². The van der Waals surface area contributed by atoms with Gasteiger partial charge in [0, 0.05) is 27.1 Å². The van der Waals surface area contributed by atoms with Gasteiger partial charge in [-0.2, -0.15) is 0 Å². The first kappa shape index (κ1) is 15.1. The van der Waals surface area contributed by atoms with Gasteiger partial charge in [-0.05, 0) is 18.2 Å². The van der Waals surface area contributed by atoms with Gasteiger partial charge in [0.05, 0.1) is 22.7 Å². The van der Waals surface area contributed by atoms with E-state index in [0.29, 0.717) is 42.5 Å². The third-order valence-electron chi connectivity index (χ3n) is 3.11. The Hall–Kier alpha value is -1.82. The van der Waals surface area contributed by atoms with Crippen LogP contribution < -0.4 is 0 Å². The first-order valence-electron chi connectivity index (χ1n) is 6.17. The molecule has 0 saturated carbocycles. The number of aliphatic imine (C=N–C) groups is 1. The monoisotopic (exact) mass is 353 g/mol. The number of fused-ring (bicyclic) bond motifs is 2. The van der Waals surface area contributed by atoms with Crippen LogP contribution in [0.25, 0.3) is 5.57 Å². The zero-order chi connectivity index (χ0) is 15.9. The van der Waals surface area contributed by atoms with Gasteiger partial charge in [-0.15, -0.1) is 11.3 Å². The Balaban J connectivity index is 2.38. The number of benzene rings is 1. The van der Waals surface area contributed by atoms with Crippen LogP contribution in [0.4, 0.5) is 5.69 Å². The van der Waals surface area contributed by atoms with E-state index in [1.807, 2.05) is 0 Å². The van der Waals surface area contributed by atoms with E-state index in [1.54, 1.807) is 24.3 Å². The van der Waals surface area contributed by atoms with E-state index in [1.165, 1.54) is 18.4 Å². The second-order valence-electron chi connectivity index (χ2n) is 4.47. The van der Waals surface area contributed by atoms with Crippen LogP contribution in [0, 0.1) is 0 Å². The first-order valence-corrected chi connectivity index (χ1v) is 7.74. The van der Waals surface area contributed by atoms with Crippen molar-refractivity contribution < 1.29 is 14.6 Å². The number of aliphatic carboxylic acids is 1. The molecule has 0 amide bonds. The van der Waals surface area contributed by atoms with Gasteiger partial charge in [0.1, 0.15) is 0 Å². The molecule has 112 valence electrons. The normalized spacial score (nSPS) is 14.9. The number of ether oxygens (including phenoxy) is 1. The minimum atomic E-state index is -1.05. The molecule has 1 aromatic carbocycles. The molecule has 1 aromatic heterocycles. The topological polar surface area (TPSA) is 58.9 Å². The van der Waals surface area contributed by atoms with Gasteiger partial charge in [-0.1, -0.05) is 29.3 Å². The lowest BCUT2D eigenvalue weighted by Gasteiger charge is -2.07. The number of hydrogen-bond acceptors (Lipinski definition) is 4. The Morgan fingerprint density at radius 1 is 1.32 bits per heavy atom. The molecule has 3 rings (SSSR count). The SMILES string of the molecule is COC1=Nc2cc(Cl)ccc2C(=CC(=O)O)c2sc(Cl)cc21. The molecule has 0 radical (unpaired) electrons. The first-order chi connectivity index (χ1) is 10.5. The zero-order valence-electron chi connectivity index (χ0n) is 11.3. The number of methoxy groups -OCH3 is 1. The fraction of sp³-hybridized carbons (Fsp3) is 0.0667. The number of thiophene rings is 1. The molecule has 4 nitrogen and oxygen atoms in total. The molecule has 1 aliphatic rings. The summed E-state index contributed by atoms with van der Waals surface area (Å²) in [7, 11) is 1.50. The molecule has 1 aliphatic heterocycles. The molecule has 0 fully saturated rings. The van der Waals surface area contributed by atoms with Crippen molar-refractivity contribution in [2.75, 3.05) is 7.11 Å². The molecule has 2 aromatic rings. The Labute approximate surface area is 140 Å². The summed E-state index contributed by atoms with van der Waals surface area (Å²) >= 11 is 13.4. The number of rotatable bonds is 1. The Bertz CT molecular complexity index is 839. The largest absolute Gasteiger partial charge is 0.481 e. The Kier molecular flexibility index (Phi) is 3.95. The highest BCUT2D eigenvalue weighted by atomic mass is 35.5. The zero-order valence-corrected chi connectivity index (χ0v) is 13.6. The number of carbonyl (C=O) groups is 1. The fourth-order valence-electron chi connectivity index (χ4n) is 2.26. The maximum atomic E-state index is 11.2. The molecule has 0 spiro atoms. The minimum Gasteiger partial charge on any atom is -0.481 e. The maximum absolute atomic E-state index is 11.2. The standard InChI is InChI=1S/C15H9Cl2NO3S/c1-21-15-10-5-12(17)22-14(10)9(6-13(19)20)8-3-2-7(16)4-11(8)18-15/h2-6H,1H3,(H,19,20). The summed E-state index contributed by atoms with van der Waals surface area (Å²) in [4.78, 5) is 16.4. The fourth-order valence-corrected chi connectivity index (χ4v) is 3.67. The van der Waals surface area contributed by atoms with Gasteiger partial charge < -0.3 is 9.84 Å². The lowest BCUT2D eigenvalue weighted by molar-refractivity contribution is -0.131. The summed E-state index contributed by atoms with van der Waals surface area (Å²) in [5, 5.41) is 9.70. The number of halogens is 2. The van der Waals surface area contributed by atoms with E-state index in [9.17, 15) is 9.90 Å². The van der Waals surface area contributed by atoms with Crippen molar-refractivity contribution in [3.63, 3.8) is 0 Å². The van der Waals surface area contributed by atoms with Crippen molar-refractivity contribution in [2.45, 2.75) is 0 Å². The van der Waals surface area contributed by atoms with Crippen LogP contribution in [0.15, 0.2) is 35.3 Å². The number of nitrogens with zero attached hydrogens (tertiary/aromatic N) is 1. The molecule has 0 unspecified atom stereocenters. The lowest BCUT2D eigenvalue weighted by Crippen LogP contribution is -2.03. The number of carboxylic acid groups (broad SMARTS) is 1. The average Bonchev–Trinajstić information content (AvgIpc) is 2.79. The van der Waals surface area contributed by atoms with E-state index in [2.05, 4.69) is 4.99 Å². The van der Waals surface area contributed by atoms with Crippen LogP contribution >= 0.6 is 34.5 Å². The van der Waals surface area contributed by atoms with Crippen molar-refractivity contribution in [1.82, 2.24) is 0 Å². The van der Waals surface area contributed by atoms with Crippen LogP contribution in [0.3, 0.4) is 0 Å². The smallest absolute Gasteiger partial charge is 0.328 e. The quantitative estimate of drug-likeness (QED) is 0.761. The van der Waals surface area contributed by atoms with Gasteiger partial charge in [0.2, 0.25) is 5.90 Å². The van der Waals surface area contributed by atoms with Crippen molar-refractivity contribution in [3.05, 3.63) is 55.7 Å². The van der Waals surface area contributed by atoms with Crippen molar-refractivity contribution >= 4 is 57.7 Å². The van der Waals surface area contributed by atoms with E-state index in [0.717, 1.165) is 6.08 Å². The lowest BCUT2D eigenvalue weighted by atomic mass is 10.0. The predicted octanol–water partition coefficient (Wildman–Crippen LogP) is 4.61. The van der Waals surface area contributed by atoms with Crippen LogP contribution in [-0.4, -0.2) is 24.1 Å². The average molecular weight is 354 g/mol. The summed E-state index contributed by atoms with van der Waals surface area (Å²) in [5.41, 5.74) is 2.41. The second-order valence-corrected chi connectivity index (χ2v) is 6.59. The van der Waals surface area contributed by atoms with Crippen LogP contribution in [0.1, 0.15) is 16.0 Å². The Morgan fingerprint density at radius 2 is 2.09 bits per heavy atom. The third-order valence-corrected chi connectivity index (χ3v) is 4.64. The van der Waals surface area contributed by atoms with Crippen molar-refractivity contribution in [1.29, 1.82) is 0 Å². The molecule has 22 heavy (non-hydrogen) atoms. The molecule has 2 heterocycles. The molecule has 1 N–H and O–H groups in total. The van der Waals surface area contributed by atoms with E-state index in [4.69, 9.17) is 27.9 Å². The van der Waals surface area contributed by atoms with E-state index in [-0.39, 0.29) is 0 Å².